The zero-order valence-corrected chi connectivity index (χ0v) is 14.1. The lowest BCUT2D eigenvalue weighted by Crippen LogP contribution is -2.19. The summed E-state index contributed by atoms with van der Waals surface area (Å²) in [5.41, 5.74) is 3.42. The van der Waals surface area contributed by atoms with Crippen LogP contribution in [-0.2, 0) is 9.53 Å². The highest BCUT2D eigenvalue weighted by Gasteiger charge is 2.28. The average molecular weight is 342 g/mol. The number of anilines is 2. The van der Waals surface area contributed by atoms with Crippen molar-refractivity contribution >= 4 is 17.5 Å². The molecule has 0 amide bonds. The normalized spacial score (nSPS) is 14.6. The summed E-state index contributed by atoms with van der Waals surface area (Å²) in [6.07, 6.45) is 3.87. The van der Waals surface area contributed by atoms with E-state index in [1.807, 2.05) is 30.3 Å². The molecule has 1 heterocycles. The van der Waals surface area contributed by atoms with Crippen molar-refractivity contribution < 1.29 is 14.7 Å². The molecule has 1 fully saturated rings. The molecule has 1 aromatic carbocycles. The molecule has 0 aliphatic heterocycles. The van der Waals surface area contributed by atoms with Gasteiger partial charge in [0.2, 0.25) is 0 Å². The molecule has 1 aliphatic rings. The molecule has 2 aromatic rings. The van der Waals surface area contributed by atoms with E-state index in [4.69, 9.17) is 4.74 Å². The number of hydrogen-bond donors (Lipinski definition) is 3. The lowest BCUT2D eigenvalue weighted by atomic mass is 10.0. The summed E-state index contributed by atoms with van der Waals surface area (Å²) in [7, 11) is 0. The summed E-state index contributed by atoms with van der Waals surface area (Å²) in [6.45, 7) is 2.12. The van der Waals surface area contributed by atoms with Crippen molar-refractivity contribution in [3.8, 4) is 0 Å². The second-order valence-corrected chi connectivity index (χ2v) is 5.99. The third-order valence-electron chi connectivity index (χ3n) is 4.06. The number of esters is 1. The van der Waals surface area contributed by atoms with Gasteiger partial charge in [0.05, 0.1) is 25.3 Å². The van der Waals surface area contributed by atoms with Gasteiger partial charge in [-0.05, 0) is 25.3 Å². The molecule has 0 saturated heterocycles. The largest absolute Gasteiger partial charge is 0.466 e. The molecule has 0 radical (unpaired) electrons. The maximum Gasteiger partial charge on any atom is 0.308 e. The van der Waals surface area contributed by atoms with Crippen LogP contribution in [0.2, 0.25) is 0 Å². The topological polar surface area (TPSA) is 96.4 Å². The molecule has 1 aliphatic carbocycles. The minimum Gasteiger partial charge on any atom is -0.466 e. The van der Waals surface area contributed by atoms with Crippen molar-refractivity contribution in [1.82, 2.24) is 9.97 Å². The van der Waals surface area contributed by atoms with E-state index >= 15 is 0 Å². The van der Waals surface area contributed by atoms with Crippen molar-refractivity contribution in [2.75, 3.05) is 17.4 Å². The standard InChI is InChI=1S/C18H22N4O3/c1-2-25-16(23)10-14(12-6-4-3-5-7-12)20-18-15(22-24)11-19-17(21-18)13-8-9-13/h3-7,11,13-14,22,24H,2,8-10H2,1H3,(H,19,20,21)/t14-/m1/s1. The maximum absolute atomic E-state index is 12.0. The van der Waals surface area contributed by atoms with E-state index in [-0.39, 0.29) is 18.4 Å². The van der Waals surface area contributed by atoms with Gasteiger partial charge in [-0.2, -0.15) is 0 Å². The first-order valence-electron chi connectivity index (χ1n) is 8.45. The average Bonchev–Trinajstić information content (AvgIpc) is 3.47. The highest BCUT2D eigenvalue weighted by Crippen LogP contribution is 2.39. The van der Waals surface area contributed by atoms with Gasteiger partial charge in [-0.3, -0.25) is 15.5 Å². The fraction of sp³-hybridized carbons (Fsp3) is 0.389. The van der Waals surface area contributed by atoms with Gasteiger partial charge in [-0.1, -0.05) is 30.3 Å². The Morgan fingerprint density at radius 1 is 1.36 bits per heavy atom. The first kappa shape index (κ1) is 17.2. The minimum atomic E-state index is -0.325. The third kappa shape index (κ3) is 4.45. The predicted molar refractivity (Wildman–Crippen MR) is 93.5 cm³/mol. The number of carbonyl (C=O) groups is 1. The second kappa shape index (κ2) is 7.94. The van der Waals surface area contributed by atoms with E-state index < -0.39 is 0 Å². The van der Waals surface area contributed by atoms with Crippen LogP contribution in [0.3, 0.4) is 0 Å². The Morgan fingerprint density at radius 2 is 2.12 bits per heavy atom. The molecule has 1 atom stereocenters. The Bertz CT molecular complexity index is 720. The summed E-state index contributed by atoms with van der Waals surface area (Å²) in [5.74, 6) is 1.31. The quantitative estimate of drug-likeness (QED) is 0.500. The highest BCUT2D eigenvalue weighted by atomic mass is 16.5. The lowest BCUT2D eigenvalue weighted by molar-refractivity contribution is -0.143. The molecule has 7 heteroatoms. The fourth-order valence-corrected chi connectivity index (χ4v) is 2.61. The molecule has 132 valence electrons. The fourth-order valence-electron chi connectivity index (χ4n) is 2.61. The SMILES string of the molecule is CCOC(=O)C[C@@H](Nc1nc(C2CC2)ncc1NO)c1ccccc1. The number of ether oxygens (including phenoxy) is 1. The van der Waals surface area contributed by atoms with Crippen LogP contribution in [0.1, 0.15) is 49.5 Å². The number of aromatic nitrogens is 2. The van der Waals surface area contributed by atoms with Gasteiger partial charge in [-0.15, -0.1) is 0 Å². The van der Waals surface area contributed by atoms with Crippen LogP contribution in [0.4, 0.5) is 11.5 Å². The van der Waals surface area contributed by atoms with Crippen LogP contribution in [-0.4, -0.2) is 27.8 Å². The Labute approximate surface area is 146 Å². The first-order chi connectivity index (χ1) is 12.2. The summed E-state index contributed by atoms with van der Waals surface area (Å²) < 4.78 is 5.08. The van der Waals surface area contributed by atoms with Gasteiger partial charge in [0, 0.05) is 5.92 Å². The Balaban J connectivity index is 1.86. The van der Waals surface area contributed by atoms with Crippen molar-refractivity contribution in [3.63, 3.8) is 0 Å². The van der Waals surface area contributed by atoms with Gasteiger partial charge in [-0.25, -0.2) is 9.97 Å². The maximum atomic E-state index is 12.0. The van der Waals surface area contributed by atoms with Crippen molar-refractivity contribution in [2.45, 2.75) is 38.1 Å². The van der Waals surface area contributed by atoms with Gasteiger partial charge in [0.15, 0.2) is 5.82 Å². The van der Waals surface area contributed by atoms with Crippen LogP contribution in [0.25, 0.3) is 0 Å². The molecular formula is C18H22N4O3. The molecule has 1 aromatic heterocycles. The zero-order chi connectivity index (χ0) is 17.6. The minimum absolute atomic E-state index is 0.158. The van der Waals surface area contributed by atoms with Crippen LogP contribution < -0.4 is 10.8 Å². The monoisotopic (exact) mass is 342 g/mol. The third-order valence-corrected chi connectivity index (χ3v) is 4.06. The molecule has 0 bridgehead atoms. The molecule has 3 rings (SSSR count). The summed E-state index contributed by atoms with van der Waals surface area (Å²) >= 11 is 0. The smallest absolute Gasteiger partial charge is 0.308 e. The van der Waals surface area contributed by atoms with Crippen molar-refractivity contribution in [2.24, 2.45) is 0 Å². The van der Waals surface area contributed by atoms with Crippen LogP contribution >= 0.6 is 0 Å². The van der Waals surface area contributed by atoms with E-state index in [0.717, 1.165) is 24.2 Å². The van der Waals surface area contributed by atoms with E-state index in [0.29, 0.717) is 24.0 Å². The highest BCUT2D eigenvalue weighted by molar-refractivity contribution is 5.72. The van der Waals surface area contributed by atoms with Crippen molar-refractivity contribution in [1.29, 1.82) is 0 Å². The molecule has 7 nitrogen and oxygen atoms in total. The predicted octanol–water partition coefficient (Wildman–Crippen LogP) is 3.26. The van der Waals surface area contributed by atoms with Crippen molar-refractivity contribution in [3.05, 3.63) is 47.9 Å². The second-order valence-electron chi connectivity index (χ2n) is 5.99. The molecular weight excluding hydrogens is 320 g/mol. The summed E-state index contributed by atoms with van der Waals surface area (Å²) in [6, 6.07) is 9.29. The molecule has 1 saturated carbocycles. The number of rotatable bonds is 8. The van der Waals surface area contributed by atoms with Crippen LogP contribution in [0, 0.1) is 0 Å². The molecule has 3 N–H and O–H groups in total. The van der Waals surface area contributed by atoms with Gasteiger partial charge >= 0.3 is 5.97 Å². The zero-order valence-electron chi connectivity index (χ0n) is 14.1. The number of nitrogens with zero attached hydrogens (tertiary/aromatic N) is 2. The molecule has 0 spiro atoms. The van der Waals surface area contributed by atoms with Crippen LogP contribution in [0.15, 0.2) is 36.5 Å². The van der Waals surface area contributed by atoms with Gasteiger partial charge < -0.3 is 10.1 Å². The number of nitrogens with one attached hydrogen (secondary N) is 2. The van der Waals surface area contributed by atoms with E-state index in [1.54, 1.807) is 13.1 Å². The van der Waals surface area contributed by atoms with Gasteiger partial charge in [0.25, 0.3) is 0 Å². The lowest BCUT2D eigenvalue weighted by Gasteiger charge is -2.21. The Kier molecular flexibility index (Phi) is 5.45. The number of carbonyl (C=O) groups excluding carboxylic acids is 1. The summed E-state index contributed by atoms with van der Waals surface area (Å²) in [5, 5.41) is 12.6. The van der Waals surface area contributed by atoms with E-state index in [2.05, 4.69) is 20.8 Å². The van der Waals surface area contributed by atoms with Gasteiger partial charge in [0.1, 0.15) is 11.5 Å². The Hall–Kier alpha value is -2.67. The molecule has 25 heavy (non-hydrogen) atoms. The number of benzene rings is 1. The first-order valence-corrected chi connectivity index (χ1v) is 8.45. The number of hydrogen-bond acceptors (Lipinski definition) is 7. The summed E-state index contributed by atoms with van der Waals surface area (Å²) in [4.78, 5) is 20.8. The van der Waals surface area contributed by atoms with Crippen LogP contribution in [0.5, 0.6) is 0 Å². The van der Waals surface area contributed by atoms with E-state index in [9.17, 15) is 10.0 Å². The van der Waals surface area contributed by atoms with E-state index in [1.165, 1.54) is 0 Å². The molecule has 0 unspecified atom stereocenters. The Morgan fingerprint density at radius 3 is 2.76 bits per heavy atom.